The van der Waals surface area contributed by atoms with Crippen LogP contribution in [0, 0.1) is 12.8 Å². The van der Waals surface area contributed by atoms with Gasteiger partial charge in [0.2, 0.25) is 0 Å². The summed E-state index contributed by atoms with van der Waals surface area (Å²) in [5.74, 6) is 0.115. The third kappa shape index (κ3) is 4.79. The fourth-order valence-corrected chi connectivity index (χ4v) is 1.78. The van der Waals surface area contributed by atoms with E-state index in [-0.39, 0.29) is 12.5 Å². The number of carbonyl (C=O) groups excluding carboxylic acids is 1. The molecule has 0 saturated carbocycles. The summed E-state index contributed by atoms with van der Waals surface area (Å²) in [6.07, 6.45) is 5.82. The van der Waals surface area contributed by atoms with E-state index in [9.17, 15) is 4.79 Å². The van der Waals surface area contributed by atoms with Crippen LogP contribution in [0.5, 0.6) is 0 Å². The van der Waals surface area contributed by atoms with Crippen molar-refractivity contribution < 1.29 is 9.90 Å². The van der Waals surface area contributed by atoms with Gasteiger partial charge < -0.3 is 10.4 Å². The molecule has 0 aliphatic rings. The summed E-state index contributed by atoms with van der Waals surface area (Å²) in [7, 11) is 0. The Balaban J connectivity index is 2.46. The molecule has 0 bridgehead atoms. The lowest BCUT2D eigenvalue weighted by molar-refractivity contribution is 0.0937. The summed E-state index contributed by atoms with van der Waals surface area (Å²) < 4.78 is 0. The average molecular weight is 251 g/mol. The van der Waals surface area contributed by atoms with Crippen LogP contribution in [0.3, 0.4) is 0 Å². The fraction of sp³-hybridized carbons (Fsp3) is 0.615. The van der Waals surface area contributed by atoms with Crippen LogP contribution >= 0.6 is 0 Å². The number of aliphatic hydroxyl groups is 1. The highest BCUT2D eigenvalue weighted by atomic mass is 16.3. The maximum Gasteiger partial charge on any atom is 0.271 e. The first-order chi connectivity index (χ1) is 8.67. The highest BCUT2D eigenvalue weighted by Crippen LogP contribution is 2.09. The van der Waals surface area contributed by atoms with Crippen molar-refractivity contribution >= 4 is 5.91 Å². The number of aliphatic hydroxyl groups excluding tert-OH is 1. The van der Waals surface area contributed by atoms with Crippen molar-refractivity contribution in [2.75, 3.05) is 13.2 Å². The first-order valence-electron chi connectivity index (χ1n) is 6.35. The first-order valence-corrected chi connectivity index (χ1v) is 6.35. The Kier molecular flexibility index (Phi) is 6.28. The van der Waals surface area contributed by atoms with Crippen LogP contribution in [-0.2, 0) is 0 Å². The van der Waals surface area contributed by atoms with Gasteiger partial charge in [-0.1, -0.05) is 13.3 Å². The zero-order chi connectivity index (χ0) is 13.4. The van der Waals surface area contributed by atoms with Crippen LogP contribution in [-0.4, -0.2) is 34.1 Å². The van der Waals surface area contributed by atoms with Crippen molar-refractivity contribution in [3.8, 4) is 0 Å². The number of carbonyl (C=O) groups is 1. The SMILES string of the molecule is CCCC(CCO)CNC(=O)c1cnc(C)cn1. The standard InChI is InChI=1S/C13H21N3O2/c1-3-4-11(5-6-17)8-16-13(18)12-9-14-10(2)7-15-12/h7,9,11,17H,3-6,8H2,1-2H3,(H,16,18). The minimum atomic E-state index is -0.207. The Morgan fingerprint density at radius 2 is 2.17 bits per heavy atom. The van der Waals surface area contributed by atoms with Gasteiger partial charge in [-0.05, 0) is 25.7 Å². The molecule has 18 heavy (non-hydrogen) atoms. The molecule has 1 heterocycles. The summed E-state index contributed by atoms with van der Waals surface area (Å²) >= 11 is 0. The van der Waals surface area contributed by atoms with Gasteiger partial charge in [0.25, 0.3) is 5.91 Å². The maximum absolute atomic E-state index is 11.8. The van der Waals surface area contributed by atoms with E-state index >= 15 is 0 Å². The van der Waals surface area contributed by atoms with Crippen molar-refractivity contribution in [1.29, 1.82) is 0 Å². The molecule has 1 atom stereocenters. The Morgan fingerprint density at radius 3 is 2.72 bits per heavy atom. The molecule has 1 rings (SSSR count). The van der Waals surface area contributed by atoms with E-state index < -0.39 is 0 Å². The molecule has 2 N–H and O–H groups in total. The monoisotopic (exact) mass is 251 g/mol. The first kappa shape index (κ1) is 14.6. The lowest BCUT2D eigenvalue weighted by Crippen LogP contribution is -2.30. The Bertz CT molecular complexity index is 359. The van der Waals surface area contributed by atoms with Crippen molar-refractivity contribution in [3.05, 3.63) is 23.8 Å². The van der Waals surface area contributed by atoms with Crippen LogP contribution in [0.2, 0.25) is 0 Å². The number of amides is 1. The number of hydrogen-bond acceptors (Lipinski definition) is 4. The molecule has 0 radical (unpaired) electrons. The molecule has 1 unspecified atom stereocenters. The lowest BCUT2D eigenvalue weighted by atomic mass is 10.0. The lowest BCUT2D eigenvalue weighted by Gasteiger charge is -2.15. The number of nitrogens with one attached hydrogen (secondary N) is 1. The third-order valence-corrected chi connectivity index (χ3v) is 2.80. The molecule has 100 valence electrons. The third-order valence-electron chi connectivity index (χ3n) is 2.80. The number of aryl methyl sites for hydroxylation is 1. The molecule has 5 nitrogen and oxygen atoms in total. The Hall–Kier alpha value is -1.49. The van der Waals surface area contributed by atoms with Gasteiger partial charge in [-0.2, -0.15) is 0 Å². The largest absolute Gasteiger partial charge is 0.396 e. The van der Waals surface area contributed by atoms with E-state index in [1.165, 1.54) is 6.20 Å². The van der Waals surface area contributed by atoms with E-state index in [2.05, 4.69) is 22.2 Å². The normalized spacial score (nSPS) is 12.2. The molecular formula is C13H21N3O2. The van der Waals surface area contributed by atoms with Crippen molar-refractivity contribution in [2.45, 2.75) is 33.1 Å². The number of nitrogens with zero attached hydrogens (tertiary/aromatic N) is 2. The fourth-order valence-electron chi connectivity index (χ4n) is 1.78. The van der Waals surface area contributed by atoms with Crippen LogP contribution in [0.25, 0.3) is 0 Å². The molecule has 0 aromatic carbocycles. The molecule has 0 aliphatic carbocycles. The smallest absolute Gasteiger partial charge is 0.271 e. The second-order valence-electron chi connectivity index (χ2n) is 4.42. The van der Waals surface area contributed by atoms with E-state index in [1.807, 2.05) is 6.92 Å². The molecule has 5 heteroatoms. The van der Waals surface area contributed by atoms with Crippen LogP contribution < -0.4 is 5.32 Å². The average Bonchev–Trinajstić information content (AvgIpc) is 2.37. The molecule has 0 spiro atoms. The summed E-state index contributed by atoms with van der Waals surface area (Å²) in [6.45, 7) is 4.65. The highest BCUT2D eigenvalue weighted by Gasteiger charge is 2.11. The quantitative estimate of drug-likeness (QED) is 0.766. The second kappa shape index (κ2) is 7.76. The van der Waals surface area contributed by atoms with Crippen LogP contribution in [0.15, 0.2) is 12.4 Å². The van der Waals surface area contributed by atoms with Gasteiger partial charge in [-0.25, -0.2) is 4.98 Å². The van der Waals surface area contributed by atoms with Gasteiger partial charge in [0.15, 0.2) is 0 Å². The molecule has 1 aromatic heterocycles. The minimum absolute atomic E-state index is 0.158. The number of aromatic nitrogens is 2. The molecule has 1 aromatic rings. The van der Waals surface area contributed by atoms with Crippen LogP contribution in [0.1, 0.15) is 42.4 Å². The predicted molar refractivity (Wildman–Crippen MR) is 69.2 cm³/mol. The highest BCUT2D eigenvalue weighted by molar-refractivity contribution is 5.91. The molecule has 0 fully saturated rings. The van der Waals surface area contributed by atoms with Crippen molar-refractivity contribution in [1.82, 2.24) is 15.3 Å². The van der Waals surface area contributed by atoms with E-state index in [4.69, 9.17) is 5.11 Å². The molecule has 1 amide bonds. The topological polar surface area (TPSA) is 75.1 Å². The van der Waals surface area contributed by atoms with Crippen LogP contribution in [0.4, 0.5) is 0 Å². The summed E-state index contributed by atoms with van der Waals surface area (Å²) in [4.78, 5) is 19.9. The minimum Gasteiger partial charge on any atom is -0.396 e. The van der Waals surface area contributed by atoms with E-state index in [0.717, 1.165) is 18.5 Å². The number of rotatable bonds is 7. The second-order valence-corrected chi connectivity index (χ2v) is 4.42. The molecule has 0 saturated heterocycles. The summed E-state index contributed by atoms with van der Waals surface area (Å²) in [5, 5.41) is 11.8. The van der Waals surface area contributed by atoms with Gasteiger partial charge in [0.1, 0.15) is 5.69 Å². The van der Waals surface area contributed by atoms with Gasteiger partial charge in [0.05, 0.1) is 11.9 Å². The molecular weight excluding hydrogens is 230 g/mol. The maximum atomic E-state index is 11.8. The zero-order valence-electron chi connectivity index (χ0n) is 11.0. The number of hydrogen-bond donors (Lipinski definition) is 2. The zero-order valence-corrected chi connectivity index (χ0v) is 11.0. The molecule has 0 aliphatic heterocycles. The Morgan fingerprint density at radius 1 is 1.39 bits per heavy atom. The summed E-state index contributed by atoms with van der Waals surface area (Å²) in [6, 6.07) is 0. The predicted octanol–water partition coefficient (Wildman–Crippen LogP) is 1.31. The van der Waals surface area contributed by atoms with Crippen molar-refractivity contribution in [2.24, 2.45) is 5.92 Å². The summed E-state index contributed by atoms with van der Waals surface area (Å²) in [5.41, 5.74) is 1.12. The van der Waals surface area contributed by atoms with Gasteiger partial charge >= 0.3 is 0 Å². The van der Waals surface area contributed by atoms with Crippen molar-refractivity contribution in [3.63, 3.8) is 0 Å². The van der Waals surface area contributed by atoms with E-state index in [1.54, 1.807) is 6.20 Å². The van der Waals surface area contributed by atoms with Gasteiger partial charge in [0, 0.05) is 19.3 Å². The Labute approximate surface area is 108 Å². The van der Waals surface area contributed by atoms with E-state index in [0.29, 0.717) is 24.6 Å². The van der Waals surface area contributed by atoms with Gasteiger partial charge in [-0.3, -0.25) is 9.78 Å². The van der Waals surface area contributed by atoms with Gasteiger partial charge in [-0.15, -0.1) is 0 Å².